The van der Waals surface area contributed by atoms with Gasteiger partial charge in [0.2, 0.25) is 0 Å². The number of rotatable bonds is 4. The van der Waals surface area contributed by atoms with Gasteiger partial charge in [-0.15, -0.1) is 0 Å². The van der Waals surface area contributed by atoms with Crippen molar-refractivity contribution in [2.24, 2.45) is 11.1 Å². The zero-order valence-electron chi connectivity index (χ0n) is 13.4. The molecule has 1 saturated carbocycles. The Morgan fingerprint density at radius 1 is 1.41 bits per heavy atom. The van der Waals surface area contributed by atoms with E-state index in [9.17, 15) is 4.79 Å². The van der Waals surface area contributed by atoms with Crippen LogP contribution in [0.3, 0.4) is 0 Å². The molecule has 1 heterocycles. The molecule has 2 N–H and O–H groups in total. The Balaban J connectivity index is 1.67. The molecular formula is C18H26N2O2. The number of benzene rings is 1. The number of hydrogen-bond donors (Lipinski definition) is 1. The zero-order chi connectivity index (χ0) is 15.6. The van der Waals surface area contributed by atoms with Crippen molar-refractivity contribution in [3.05, 3.63) is 29.8 Å². The molecule has 1 aliphatic heterocycles. The van der Waals surface area contributed by atoms with Gasteiger partial charge in [0.1, 0.15) is 5.75 Å². The van der Waals surface area contributed by atoms with Crippen molar-refractivity contribution in [3.63, 3.8) is 0 Å². The van der Waals surface area contributed by atoms with E-state index in [2.05, 4.69) is 6.92 Å². The lowest BCUT2D eigenvalue weighted by Gasteiger charge is -2.22. The van der Waals surface area contributed by atoms with Gasteiger partial charge in [-0.3, -0.25) is 4.79 Å². The average molecular weight is 302 g/mol. The van der Waals surface area contributed by atoms with E-state index in [4.69, 9.17) is 10.5 Å². The van der Waals surface area contributed by atoms with E-state index in [0.717, 1.165) is 43.7 Å². The second kappa shape index (κ2) is 6.29. The van der Waals surface area contributed by atoms with Gasteiger partial charge in [0.05, 0.1) is 6.10 Å². The van der Waals surface area contributed by atoms with Crippen LogP contribution < -0.4 is 10.5 Å². The number of hydrogen-bond acceptors (Lipinski definition) is 3. The highest BCUT2D eigenvalue weighted by molar-refractivity contribution is 5.94. The number of nitrogens with two attached hydrogens (primary N) is 1. The van der Waals surface area contributed by atoms with Crippen molar-refractivity contribution in [1.29, 1.82) is 0 Å². The van der Waals surface area contributed by atoms with E-state index in [1.54, 1.807) is 0 Å². The highest BCUT2D eigenvalue weighted by Crippen LogP contribution is 2.30. The van der Waals surface area contributed by atoms with Crippen LogP contribution in [0.1, 0.15) is 49.4 Å². The second-order valence-corrected chi connectivity index (χ2v) is 7.04. The van der Waals surface area contributed by atoms with Crippen LogP contribution in [0.25, 0.3) is 0 Å². The first-order valence-electron chi connectivity index (χ1n) is 8.36. The van der Waals surface area contributed by atoms with E-state index < -0.39 is 0 Å². The van der Waals surface area contributed by atoms with E-state index in [0.29, 0.717) is 12.6 Å². The summed E-state index contributed by atoms with van der Waals surface area (Å²) in [7, 11) is 0. The summed E-state index contributed by atoms with van der Waals surface area (Å²) in [5.41, 5.74) is 6.61. The lowest BCUT2D eigenvalue weighted by Crippen LogP contribution is -2.34. The second-order valence-electron chi connectivity index (χ2n) is 7.04. The number of carbonyl (C=O) groups excluding carboxylic acids is 1. The summed E-state index contributed by atoms with van der Waals surface area (Å²) in [5, 5.41) is 0. The van der Waals surface area contributed by atoms with Crippen LogP contribution in [0, 0.1) is 5.41 Å². The molecule has 4 heteroatoms. The largest absolute Gasteiger partial charge is 0.490 e. The number of carbonyl (C=O) groups is 1. The molecule has 4 nitrogen and oxygen atoms in total. The lowest BCUT2D eigenvalue weighted by molar-refractivity contribution is 0.0776. The molecule has 0 aromatic heterocycles. The van der Waals surface area contributed by atoms with Crippen molar-refractivity contribution in [3.8, 4) is 5.75 Å². The average Bonchev–Trinajstić information content (AvgIpc) is 3.17. The summed E-state index contributed by atoms with van der Waals surface area (Å²) < 4.78 is 6.00. The van der Waals surface area contributed by atoms with Gasteiger partial charge in [0.25, 0.3) is 5.91 Å². The molecule has 120 valence electrons. The molecule has 1 aliphatic carbocycles. The Hall–Kier alpha value is -1.55. The fraction of sp³-hybridized carbons (Fsp3) is 0.611. The van der Waals surface area contributed by atoms with Gasteiger partial charge in [-0.25, -0.2) is 0 Å². The Bertz CT molecular complexity index is 540. The predicted molar refractivity (Wildman–Crippen MR) is 87.0 cm³/mol. The lowest BCUT2D eigenvalue weighted by atomic mass is 9.90. The molecule has 22 heavy (non-hydrogen) atoms. The summed E-state index contributed by atoms with van der Waals surface area (Å²) in [5.74, 6) is 0.910. The number of likely N-dealkylation sites (tertiary alicyclic amines) is 1. The van der Waals surface area contributed by atoms with Gasteiger partial charge in [0.15, 0.2) is 0 Å². The Morgan fingerprint density at radius 2 is 2.18 bits per heavy atom. The molecule has 0 bridgehead atoms. The Kier molecular flexibility index (Phi) is 4.39. The van der Waals surface area contributed by atoms with Crippen LogP contribution in [0.2, 0.25) is 0 Å². The molecule has 0 radical (unpaired) electrons. The molecule has 2 fully saturated rings. The topological polar surface area (TPSA) is 55.6 Å². The fourth-order valence-electron chi connectivity index (χ4n) is 3.45. The first kappa shape index (κ1) is 15.3. The minimum atomic E-state index is 0.0631. The zero-order valence-corrected chi connectivity index (χ0v) is 13.4. The predicted octanol–water partition coefficient (Wildman–Crippen LogP) is 2.82. The first-order valence-corrected chi connectivity index (χ1v) is 8.36. The molecule has 2 aliphatic rings. The van der Waals surface area contributed by atoms with Crippen LogP contribution in [0.5, 0.6) is 5.75 Å². The standard InChI is InChI=1S/C18H26N2O2/c1-18(12-19)9-10-20(13-18)17(21)14-5-4-8-16(11-14)22-15-6-2-3-7-15/h4-5,8,11,15H,2-3,6-7,9-10,12-13,19H2,1H3. The Morgan fingerprint density at radius 3 is 2.86 bits per heavy atom. The Labute approximate surface area is 132 Å². The minimum absolute atomic E-state index is 0.0631. The van der Waals surface area contributed by atoms with Crippen molar-refractivity contribution in [1.82, 2.24) is 4.90 Å². The van der Waals surface area contributed by atoms with Gasteiger partial charge in [0, 0.05) is 18.7 Å². The van der Waals surface area contributed by atoms with Crippen LogP contribution in [-0.2, 0) is 0 Å². The van der Waals surface area contributed by atoms with Crippen LogP contribution >= 0.6 is 0 Å². The summed E-state index contributed by atoms with van der Waals surface area (Å²) in [4.78, 5) is 14.6. The molecule has 1 unspecified atom stereocenters. The maximum Gasteiger partial charge on any atom is 0.254 e. The number of amides is 1. The molecule has 1 aromatic carbocycles. The third-order valence-corrected chi connectivity index (χ3v) is 5.02. The minimum Gasteiger partial charge on any atom is -0.490 e. The van der Waals surface area contributed by atoms with Crippen LogP contribution in [0.15, 0.2) is 24.3 Å². The number of nitrogens with zero attached hydrogens (tertiary/aromatic N) is 1. The normalized spacial score (nSPS) is 25.6. The van der Waals surface area contributed by atoms with Crippen molar-refractivity contribution < 1.29 is 9.53 Å². The molecule has 0 spiro atoms. The highest BCUT2D eigenvalue weighted by atomic mass is 16.5. The van der Waals surface area contributed by atoms with Gasteiger partial charge < -0.3 is 15.4 Å². The number of ether oxygens (including phenoxy) is 1. The summed E-state index contributed by atoms with van der Waals surface area (Å²) >= 11 is 0. The smallest absolute Gasteiger partial charge is 0.254 e. The van der Waals surface area contributed by atoms with Gasteiger partial charge in [-0.1, -0.05) is 13.0 Å². The quantitative estimate of drug-likeness (QED) is 0.930. The summed E-state index contributed by atoms with van der Waals surface area (Å²) in [6.45, 7) is 4.32. The van der Waals surface area contributed by atoms with Crippen molar-refractivity contribution >= 4 is 5.91 Å². The summed E-state index contributed by atoms with van der Waals surface area (Å²) in [6, 6.07) is 7.62. The van der Waals surface area contributed by atoms with Crippen molar-refractivity contribution in [2.45, 2.75) is 45.1 Å². The van der Waals surface area contributed by atoms with E-state index in [1.165, 1.54) is 12.8 Å². The van der Waals surface area contributed by atoms with E-state index >= 15 is 0 Å². The van der Waals surface area contributed by atoms with Crippen molar-refractivity contribution in [2.75, 3.05) is 19.6 Å². The monoisotopic (exact) mass is 302 g/mol. The molecular weight excluding hydrogens is 276 g/mol. The maximum atomic E-state index is 12.7. The van der Waals surface area contributed by atoms with Crippen LogP contribution in [0.4, 0.5) is 0 Å². The van der Waals surface area contributed by atoms with E-state index in [1.807, 2.05) is 29.2 Å². The molecule has 3 rings (SSSR count). The van der Waals surface area contributed by atoms with Crippen LogP contribution in [-0.4, -0.2) is 36.5 Å². The molecule has 1 amide bonds. The molecule has 1 saturated heterocycles. The first-order chi connectivity index (χ1) is 10.6. The fourth-order valence-corrected chi connectivity index (χ4v) is 3.45. The van der Waals surface area contributed by atoms with Gasteiger partial charge in [-0.2, -0.15) is 0 Å². The SMILES string of the molecule is CC1(CN)CCN(C(=O)c2cccc(OC3CCCC3)c2)C1. The third kappa shape index (κ3) is 3.27. The maximum absolute atomic E-state index is 12.7. The van der Waals surface area contributed by atoms with Gasteiger partial charge >= 0.3 is 0 Å². The summed E-state index contributed by atoms with van der Waals surface area (Å²) in [6.07, 6.45) is 6.03. The highest BCUT2D eigenvalue weighted by Gasteiger charge is 2.35. The van der Waals surface area contributed by atoms with E-state index in [-0.39, 0.29) is 11.3 Å². The molecule has 1 aromatic rings. The van der Waals surface area contributed by atoms with Gasteiger partial charge in [-0.05, 0) is 62.3 Å². The molecule has 1 atom stereocenters. The third-order valence-electron chi connectivity index (χ3n) is 5.02.